The summed E-state index contributed by atoms with van der Waals surface area (Å²) < 4.78 is 0.984. The Morgan fingerprint density at radius 3 is 2.61 bits per heavy atom. The summed E-state index contributed by atoms with van der Waals surface area (Å²) >= 11 is 9.16. The Kier molecular flexibility index (Phi) is 6.16. The molecule has 1 N–H and O–H groups in total. The molecular formula is C14H19BrClNO. The predicted octanol–water partition coefficient (Wildman–Crippen LogP) is 4.14. The zero-order valence-electron chi connectivity index (χ0n) is 11.0. The standard InChI is InChI=1S/C14H19BrClNO/c1-9(2)13(6-7-16)17-14(18)12-5-4-11(15)8-10(12)3/h4-5,8-9,13H,6-7H2,1-3H3,(H,17,18). The normalized spacial score (nSPS) is 12.6. The van der Waals surface area contributed by atoms with Gasteiger partial charge in [0.15, 0.2) is 0 Å². The first-order valence-electron chi connectivity index (χ1n) is 6.08. The van der Waals surface area contributed by atoms with Gasteiger partial charge >= 0.3 is 0 Å². The summed E-state index contributed by atoms with van der Waals surface area (Å²) in [6.45, 7) is 6.11. The van der Waals surface area contributed by atoms with Gasteiger partial charge in [0.05, 0.1) is 0 Å². The molecule has 0 spiro atoms. The monoisotopic (exact) mass is 331 g/mol. The van der Waals surface area contributed by atoms with Gasteiger partial charge in [-0.15, -0.1) is 11.6 Å². The van der Waals surface area contributed by atoms with Gasteiger partial charge in [-0.05, 0) is 43.0 Å². The molecule has 0 aliphatic carbocycles. The summed E-state index contributed by atoms with van der Waals surface area (Å²) in [5.74, 6) is 0.912. The highest BCUT2D eigenvalue weighted by Crippen LogP contribution is 2.17. The number of nitrogens with one attached hydrogen (secondary N) is 1. The molecule has 1 amide bonds. The summed E-state index contributed by atoms with van der Waals surface area (Å²) in [7, 11) is 0. The molecule has 1 atom stereocenters. The molecule has 0 fully saturated rings. The maximum Gasteiger partial charge on any atom is 0.251 e. The first-order chi connectivity index (χ1) is 8.45. The van der Waals surface area contributed by atoms with Crippen LogP contribution in [0, 0.1) is 12.8 Å². The lowest BCUT2D eigenvalue weighted by Crippen LogP contribution is -2.39. The molecule has 1 unspecified atom stereocenters. The van der Waals surface area contributed by atoms with E-state index in [1.54, 1.807) is 0 Å². The lowest BCUT2D eigenvalue weighted by Gasteiger charge is -2.22. The molecule has 0 aliphatic heterocycles. The van der Waals surface area contributed by atoms with Gasteiger partial charge in [-0.1, -0.05) is 29.8 Å². The van der Waals surface area contributed by atoms with Gasteiger partial charge in [0.2, 0.25) is 0 Å². The second kappa shape index (κ2) is 7.15. The third kappa shape index (κ3) is 4.29. The zero-order valence-corrected chi connectivity index (χ0v) is 13.3. The third-order valence-electron chi connectivity index (χ3n) is 2.97. The van der Waals surface area contributed by atoms with Crippen molar-refractivity contribution in [2.24, 2.45) is 5.92 Å². The van der Waals surface area contributed by atoms with E-state index >= 15 is 0 Å². The molecule has 1 aromatic rings. The molecule has 0 saturated carbocycles. The lowest BCUT2D eigenvalue weighted by molar-refractivity contribution is 0.0924. The molecular weight excluding hydrogens is 314 g/mol. The summed E-state index contributed by atoms with van der Waals surface area (Å²) in [6, 6.07) is 5.79. The highest BCUT2D eigenvalue weighted by Gasteiger charge is 2.17. The van der Waals surface area contributed by atoms with Crippen molar-refractivity contribution in [3.8, 4) is 0 Å². The molecule has 4 heteroatoms. The quantitative estimate of drug-likeness (QED) is 0.807. The van der Waals surface area contributed by atoms with Crippen molar-refractivity contribution in [2.75, 3.05) is 5.88 Å². The minimum Gasteiger partial charge on any atom is -0.349 e. The molecule has 0 aliphatic rings. The number of carbonyl (C=O) groups excluding carboxylic acids is 1. The minimum atomic E-state index is -0.0242. The molecule has 1 rings (SSSR count). The van der Waals surface area contributed by atoms with Gasteiger partial charge in [0.1, 0.15) is 0 Å². The molecule has 0 bridgehead atoms. The van der Waals surface area contributed by atoms with Crippen LogP contribution in [-0.2, 0) is 0 Å². The number of aryl methyl sites for hydroxylation is 1. The first kappa shape index (κ1) is 15.5. The largest absolute Gasteiger partial charge is 0.349 e. The lowest BCUT2D eigenvalue weighted by atomic mass is 10.0. The van der Waals surface area contributed by atoms with E-state index in [2.05, 4.69) is 35.1 Å². The van der Waals surface area contributed by atoms with Crippen LogP contribution >= 0.6 is 27.5 Å². The van der Waals surface area contributed by atoms with Crippen LogP contribution in [0.1, 0.15) is 36.2 Å². The van der Waals surface area contributed by atoms with Crippen molar-refractivity contribution in [3.05, 3.63) is 33.8 Å². The Morgan fingerprint density at radius 2 is 2.11 bits per heavy atom. The van der Waals surface area contributed by atoms with E-state index in [-0.39, 0.29) is 11.9 Å². The number of carbonyl (C=O) groups is 1. The maximum absolute atomic E-state index is 12.2. The molecule has 0 heterocycles. The van der Waals surface area contributed by atoms with Crippen molar-refractivity contribution in [1.29, 1.82) is 0 Å². The number of hydrogen-bond acceptors (Lipinski definition) is 1. The fourth-order valence-corrected chi connectivity index (χ4v) is 2.53. The maximum atomic E-state index is 12.2. The minimum absolute atomic E-state index is 0.0242. The van der Waals surface area contributed by atoms with Crippen molar-refractivity contribution in [1.82, 2.24) is 5.32 Å². The van der Waals surface area contributed by atoms with Crippen molar-refractivity contribution >= 4 is 33.4 Å². The SMILES string of the molecule is Cc1cc(Br)ccc1C(=O)NC(CCCl)C(C)C. The molecule has 100 valence electrons. The van der Waals surface area contributed by atoms with Gasteiger partial charge in [-0.2, -0.15) is 0 Å². The van der Waals surface area contributed by atoms with E-state index in [0.29, 0.717) is 11.8 Å². The first-order valence-corrected chi connectivity index (χ1v) is 7.41. The van der Waals surface area contributed by atoms with Crippen LogP contribution in [0.3, 0.4) is 0 Å². The van der Waals surface area contributed by atoms with Crippen molar-refractivity contribution in [3.63, 3.8) is 0 Å². The summed E-state index contributed by atoms with van der Waals surface area (Å²) in [6.07, 6.45) is 0.792. The van der Waals surface area contributed by atoms with Crippen LogP contribution in [0.5, 0.6) is 0 Å². The second-order valence-electron chi connectivity index (χ2n) is 4.76. The van der Waals surface area contributed by atoms with E-state index in [4.69, 9.17) is 11.6 Å². The second-order valence-corrected chi connectivity index (χ2v) is 6.05. The van der Waals surface area contributed by atoms with Gasteiger partial charge in [-0.3, -0.25) is 4.79 Å². The van der Waals surface area contributed by atoms with Gasteiger partial charge in [0.25, 0.3) is 5.91 Å². The van der Waals surface area contributed by atoms with Crippen LogP contribution in [-0.4, -0.2) is 17.8 Å². The van der Waals surface area contributed by atoms with E-state index < -0.39 is 0 Å². The number of rotatable bonds is 5. The van der Waals surface area contributed by atoms with Gasteiger partial charge in [-0.25, -0.2) is 0 Å². The molecule has 1 aromatic carbocycles. The van der Waals surface area contributed by atoms with Crippen molar-refractivity contribution in [2.45, 2.75) is 33.2 Å². The Bertz CT molecular complexity index is 420. The number of hydrogen-bond donors (Lipinski definition) is 1. The van der Waals surface area contributed by atoms with E-state index in [1.807, 2.05) is 25.1 Å². The Morgan fingerprint density at radius 1 is 1.44 bits per heavy atom. The van der Waals surface area contributed by atoms with E-state index in [9.17, 15) is 4.79 Å². The summed E-state index contributed by atoms with van der Waals surface area (Å²) in [5.41, 5.74) is 1.69. The molecule has 0 saturated heterocycles. The van der Waals surface area contributed by atoms with E-state index in [0.717, 1.165) is 22.0 Å². The van der Waals surface area contributed by atoms with Crippen LogP contribution in [0.25, 0.3) is 0 Å². The van der Waals surface area contributed by atoms with Gasteiger partial charge < -0.3 is 5.32 Å². The fourth-order valence-electron chi connectivity index (χ4n) is 1.82. The molecule has 0 aromatic heterocycles. The number of benzene rings is 1. The van der Waals surface area contributed by atoms with Gasteiger partial charge in [0, 0.05) is 22.0 Å². The number of alkyl halides is 1. The fraction of sp³-hybridized carbons (Fsp3) is 0.500. The predicted molar refractivity (Wildman–Crippen MR) is 80.3 cm³/mol. The van der Waals surface area contributed by atoms with Crippen LogP contribution in [0.15, 0.2) is 22.7 Å². The third-order valence-corrected chi connectivity index (χ3v) is 3.69. The Balaban J connectivity index is 2.80. The van der Waals surface area contributed by atoms with Crippen molar-refractivity contribution < 1.29 is 4.79 Å². The molecule has 18 heavy (non-hydrogen) atoms. The average molecular weight is 333 g/mol. The Labute approximate surface area is 122 Å². The Hall–Kier alpha value is -0.540. The molecule has 0 radical (unpaired) electrons. The highest BCUT2D eigenvalue weighted by atomic mass is 79.9. The number of halogens is 2. The number of amides is 1. The van der Waals surface area contributed by atoms with E-state index in [1.165, 1.54) is 0 Å². The smallest absolute Gasteiger partial charge is 0.251 e. The summed E-state index contributed by atoms with van der Waals surface area (Å²) in [5, 5.41) is 3.06. The van der Waals surface area contributed by atoms with Crippen LogP contribution in [0.2, 0.25) is 0 Å². The van der Waals surface area contributed by atoms with Crippen LogP contribution < -0.4 is 5.32 Å². The summed E-state index contributed by atoms with van der Waals surface area (Å²) in [4.78, 5) is 12.2. The topological polar surface area (TPSA) is 29.1 Å². The zero-order chi connectivity index (χ0) is 13.7. The van der Waals surface area contributed by atoms with Crippen LogP contribution in [0.4, 0.5) is 0 Å². The molecule has 2 nitrogen and oxygen atoms in total. The highest BCUT2D eigenvalue weighted by molar-refractivity contribution is 9.10. The average Bonchev–Trinajstić information content (AvgIpc) is 2.27.